The first-order valence-electron chi connectivity index (χ1n) is 8.29. The van der Waals surface area contributed by atoms with Crippen molar-refractivity contribution in [3.8, 4) is 5.75 Å². The number of carbonyl (C=O) groups is 2. The summed E-state index contributed by atoms with van der Waals surface area (Å²) < 4.78 is 5.05. The summed E-state index contributed by atoms with van der Waals surface area (Å²) in [5.41, 5.74) is 7.24. The molecule has 7 heteroatoms. The van der Waals surface area contributed by atoms with E-state index in [-0.39, 0.29) is 11.7 Å². The first kappa shape index (κ1) is 18.7. The zero-order valence-electron chi connectivity index (χ0n) is 15.0. The molecule has 1 heterocycles. The van der Waals surface area contributed by atoms with E-state index < -0.39 is 5.91 Å². The molecule has 0 saturated carbocycles. The summed E-state index contributed by atoms with van der Waals surface area (Å²) in [6.45, 7) is 2.02. The van der Waals surface area contributed by atoms with Crippen molar-refractivity contribution in [2.24, 2.45) is 0 Å². The number of methoxy groups -OCH3 is 1. The van der Waals surface area contributed by atoms with Crippen molar-refractivity contribution in [2.75, 3.05) is 12.9 Å². The second kappa shape index (κ2) is 8.55. The average molecular weight is 381 g/mol. The van der Waals surface area contributed by atoms with Crippen LogP contribution < -0.4 is 15.6 Å². The molecule has 27 heavy (non-hydrogen) atoms. The molecular weight excluding hydrogens is 362 g/mol. The number of fused-ring (bicyclic) bond motifs is 1. The average Bonchev–Trinajstić information content (AvgIpc) is 2.70. The summed E-state index contributed by atoms with van der Waals surface area (Å²) in [5.74, 6) is 0.100. The van der Waals surface area contributed by atoms with E-state index in [9.17, 15) is 9.59 Å². The van der Waals surface area contributed by atoms with Gasteiger partial charge in [-0.1, -0.05) is 30.0 Å². The first-order valence-corrected chi connectivity index (χ1v) is 9.28. The Morgan fingerprint density at radius 3 is 2.56 bits per heavy atom. The van der Waals surface area contributed by atoms with Crippen molar-refractivity contribution in [3.63, 3.8) is 0 Å². The van der Waals surface area contributed by atoms with E-state index >= 15 is 0 Å². The molecule has 0 aliphatic carbocycles. The molecule has 0 spiro atoms. The van der Waals surface area contributed by atoms with Crippen LogP contribution in [0.3, 0.4) is 0 Å². The number of nitrogens with zero attached hydrogens (tertiary/aromatic N) is 1. The number of aryl methyl sites for hydroxylation is 1. The third kappa shape index (κ3) is 4.77. The Balaban J connectivity index is 1.53. The molecule has 0 fully saturated rings. The normalized spacial score (nSPS) is 10.4. The molecule has 0 saturated heterocycles. The van der Waals surface area contributed by atoms with Gasteiger partial charge in [-0.2, -0.15) is 0 Å². The Bertz CT molecular complexity index is 974. The van der Waals surface area contributed by atoms with Gasteiger partial charge < -0.3 is 4.74 Å². The summed E-state index contributed by atoms with van der Waals surface area (Å²) >= 11 is 1.32. The number of hydrogen-bond acceptors (Lipinski definition) is 5. The lowest BCUT2D eigenvalue weighted by molar-refractivity contribution is -0.119. The van der Waals surface area contributed by atoms with Gasteiger partial charge >= 0.3 is 0 Å². The number of ether oxygens (including phenoxy) is 1. The van der Waals surface area contributed by atoms with Crippen LogP contribution in [-0.4, -0.2) is 29.7 Å². The minimum Gasteiger partial charge on any atom is -0.497 e. The van der Waals surface area contributed by atoms with Gasteiger partial charge in [0.25, 0.3) is 5.91 Å². The Hall–Kier alpha value is -3.06. The Morgan fingerprint density at radius 2 is 1.81 bits per heavy atom. The van der Waals surface area contributed by atoms with E-state index in [0.717, 1.165) is 21.5 Å². The lowest BCUT2D eigenvalue weighted by atomic mass is 10.1. The smallest absolute Gasteiger partial charge is 0.269 e. The monoisotopic (exact) mass is 381 g/mol. The van der Waals surface area contributed by atoms with E-state index in [0.29, 0.717) is 11.3 Å². The van der Waals surface area contributed by atoms with Gasteiger partial charge in [-0.15, -0.1) is 0 Å². The molecule has 2 N–H and O–H groups in total. The van der Waals surface area contributed by atoms with Crippen LogP contribution in [-0.2, 0) is 4.79 Å². The van der Waals surface area contributed by atoms with Gasteiger partial charge in [-0.3, -0.25) is 20.4 Å². The quantitative estimate of drug-likeness (QED) is 0.524. The zero-order valence-corrected chi connectivity index (χ0v) is 15.8. The fourth-order valence-electron chi connectivity index (χ4n) is 2.51. The fraction of sp³-hybridized carbons (Fsp3) is 0.150. The highest BCUT2D eigenvalue weighted by atomic mass is 32.2. The van der Waals surface area contributed by atoms with E-state index in [1.54, 1.807) is 31.4 Å². The van der Waals surface area contributed by atoms with Crippen molar-refractivity contribution in [3.05, 3.63) is 65.7 Å². The van der Waals surface area contributed by atoms with E-state index in [1.807, 2.05) is 37.3 Å². The Labute approximate surface area is 161 Å². The molecule has 3 rings (SSSR count). The maximum Gasteiger partial charge on any atom is 0.269 e. The summed E-state index contributed by atoms with van der Waals surface area (Å²) in [6.07, 6.45) is 0. The van der Waals surface area contributed by atoms with Gasteiger partial charge in [0.1, 0.15) is 5.75 Å². The second-order valence-electron chi connectivity index (χ2n) is 5.81. The maximum atomic E-state index is 12.0. The largest absolute Gasteiger partial charge is 0.497 e. The highest BCUT2D eigenvalue weighted by Crippen LogP contribution is 2.23. The van der Waals surface area contributed by atoms with Gasteiger partial charge in [-0.25, -0.2) is 4.98 Å². The van der Waals surface area contributed by atoms with Crippen molar-refractivity contribution in [1.82, 2.24) is 15.8 Å². The van der Waals surface area contributed by atoms with Crippen LogP contribution in [0.25, 0.3) is 10.9 Å². The minimum atomic E-state index is -0.393. The van der Waals surface area contributed by atoms with Gasteiger partial charge in [0.05, 0.1) is 23.4 Å². The SMILES string of the molecule is COc1ccc(C(=O)NNC(=O)CSc2cc(C)c3ccccc3n2)cc1. The predicted octanol–water partition coefficient (Wildman–Crippen LogP) is 3.11. The molecule has 2 amide bonds. The number of pyridine rings is 1. The predicted molar refractivity (Wildman–Crippen MR) is 106 cm³/mol. The van der Waals surface area contributed by atoms with Gasteiger partial charge in [-0.05, 0) is 48.9 Å². The summed E-state index contributed by atoms with van der Waals surface area (Å²) in [7, 11) is 1.55. The minimum absolute atomic E-state index is 0.147. The van der Waals surface area contributed by atoms with Crippen molar-refractivity contribution < 1.29 is 14.3 Å². The topological polar surface area (TPSA) is 80.3 Å². The number of benzene rings is 2. The number of hydrogen-bond donors (Lipinski definition) is 2. The number of thioether (sulfide) groups is 1. The lowest BCUT2D eigenvalue weighted by Gasteiger charge is -2.09. The van der Waals surface area contributed by atoms with Crippen LogP contribution >= 0.6 is 11.8 Å². The van der Waals surface area contributed by atoms with Crippen LogP contribution in [0, 0.1) is 6.92 Å². The number of carbonyl (C=O) groups excluding carboxylic acids is 2. The molecule has 138 valence electrons. The molecule has 0 aliphatic rings. The molecule has 0 unspecified atom stereocenters. The Morgan fingerprint density at radius 1 is 1.07 bits per heavy atom. The van der Waals surface area contributed by atoms with Crippen LogP contribution in [0.1, 0.15) is 15.9 Å². The highest BCUT2D eigenvalue weighted by molar-refractivity contribution is 7.99. The summed E-state index contributed by atoms with van der Waals surface area (Å²) in [5, 5.41) is 1.86. The van der Waals surface area contributed by atoms with Crippen LogP contribution in [0.5, 0.6) is 5.75 Å². The number of nitrogens with one attached hydrogen (secondary N) is 2. The van der Waals surface area contributed by atoms with Gasteiger partial charge in [0, 0.05) is 10.9 Å². The maximum absolute atomic E-state index is 12.0. The highest BCUT2D eigenvalue weighted by Gasteiger charge is 2.09. The number of para-hydroxylation sites is 1. The third-order valence-electron chi connectivity index (χ3n) is 3.92. The molecule has 3 aromatic rings. The van der Waals surface area contributed by atoms with Crippen molar-refractivity contribution in [2.45, 2.75) is 11.9 Å². The van der Waals surface area contributed by atoms with Gasteiger partial charge in [0.2, 0.25) is 5.91 Å². The number of hydrazine groups is 1. The van der Waals surface area contributed by atoms with E-state index in [4.69, 9.17) is 4.74 Å². The molecule has 6 nitrogen and oxygen atoms in total. The van der Waals surface area contributed by atoms with Crippen LogP contribution in [0.15, 0.2) is 59.6 Å². The third-order valence-corrected chi connectivity index (χ3v) is 4.83. The van der Waals surface area contributed by atoms with Gasteiger partial charge in [0.15, 0.2) is 0 Å². The van der Waals surface area contributed by atoms with Crippen LogP contribution in [0.2, 0.25) is 0 Å². The van der Waals surface area contributed by atoms with E-state index in [2.05, 4.69) is 15.8 Å². The van der Waals surface area contributed by atoms with Crippen molar-refractivity contribution >= 4 is 34.5 Å². The standard InChI is InChI=1S/C20H19N3O3S/c1-13-11-19(21-17-6-4-3-5-16(13)17)27-12-18(24)22-23-20(25)14-7-9-15(26-2)10-8-14/h3-11H,12H2,1-2H3,(H,22,24)(H,23,25). The number of amides is 2. The molecule has 0 bridgehead atoms. The Kier molecular flexibility index (Phi) is 5.93. The number of rotatable bonds is 5. The summed E-state index contributed by atoms with van der Waals surface area (Å²) in [4.78, 5) is 28.6. The molecular formula is C20H19N3O3S. The molecule has 2 aromatic carbocycles. The summed E-state index contributed by atoms with van der Waals surface area (Å²) in [6, 6.07) is 16.4. The molecule has 0 aliphatic heterocycles. The number of aromatic nitrogens is 1. The van der Waals surface area contributed by atoms with E-state index in [1.165, 1.54) is 11.8 Å². The lowest BCUT2D eigenvalue weighted by Crippen LogP contribution is -2.42. The molecule has 1 aromatic heterocycles. The van der Waals surface area contributed by atoms with Crippen molar-refractivity contribution in [1.29, 1.82) is 0 Å². The van der Waals surface area contributed by atoms with Crippen LogP contribution in [0.4, 0.5) is 0 Å². The molecule has 0 radical (unpaired) electrons. The molecule has 0 atom stereocenters. The zero-order chi connectivity index (χ0) is 19.2. The first-order chi connectivity index (χ1) is 13.1. The second-order valence-corrected chi connectivity index (χ2v) is 6.81. The fourth-order valence-corrected chi connectivity index (χ4v) is 3.28.